The second kappa shape index (κ2) is 7.90. The minimum absolute atomic E-state index is 0.00312. The van der Waals surface area contributed by atoms with Gasteiger partial charge in [0.15, 0.2) is 0 Å². The molecule has 6 nitrogen and oxygen atoms in total. The molecular formula is C21H19F3N4O2S. The molecule has 0 aliphatic carbocycles. The summed E-state index contributed by atoms with van der Waals surface area (Å²) in [5.41, 5.74) is -4.22. The Morgan fingerprint density at radius 3 is 2.61 bits per heavy atom. The molecule has 0 spiro atoms. The Balaban J connectivity index is 2.00. The number of benzene rings is 1. The number of halogens is 3. The summed E-state index contributed by atoms with van der Waals surface area (Å²) >= 11 is 5.08. The molecule has 1 amide bonds. The van der Waals surface area contributed by atoms with Crippen LogP contribution in [0.25, 0.3) is 0 Å². The zero-order valence-electron chi connectivity index (χ0n) is 16.9. The number of carbonyl (C=O) groups is 1. The summed E-state index contributed by atoms with van der Waals surface area (Å²) in [7, 11) is 0. The van der Waals surface area contributed by atoms with Gasteiger partial charge in [-0.2, -0.15) is 5.26 Å². The third-order valence-corrected chi connectivity index (χ3v) is 5.45. The zero-order valence-corrected chi connectivity index (χ0v) is 17.7. The lowest BCUT2D eigenvalue weighted by molar-refractivity contribution is -0.216. The van der Waals surface area contributed by atoms with E-state index in [1.807, 2.05) is 6.07 Å². The van der Waals surface area contributed by atoms with Crippen LogP contribution in [0.4, 0.5) is 18.9 Å². The lowest BCUT2D eigenvalue weighted by atomic mass is 9.77. The quantitative estimate of drug-likeness (QED) is 0.693. The molecule has 1 fully saturated rings. The molecule has 2 heterocycles. The van der Waals surface area contributed by atoms with Gasteiger partial charge in [0.25, 0.3) is 5.91 Å². The van der Waals surface area contributed by atoms with Crippen molar-refractivity contribution in [3.63, 3.8) is 0 Å². The van der Waals surface area contributed by atoms with Crippen molar-refractivity contribution >= 4 is 28.8 Å². The summed E-state index contributed by atoms with van der Waals surface area (Å²) in [5, 5.41) is 13.9. The Morgan fingerprint density at radius 2 is 2.00 bits per heavy atom. The third-order valence-electron chi connectivity index (χ3n) is 5.23. The SMILES string of the molecule is CC1(C)OCC(=S)NC(C)(c2cc(NC(=O)c3ccc(C#N)cn3)ccc2F)C1(F)F. The topological polar surface area (TPSA) is 87.0 Å². The molecule has 1 aliphatic heterocycles. The van der Waals surface area contributed by atoms with Gasteiger partial charge in [-0.25, -0.2) is 18.2 Å². The van der Waals surface area contributed by atoms with Crippen molar-refractivity contribution in [3.8, 4) is 6.07 Å². The van der Waals surface area contributed by atoms with Crippen LogP contribution in [0.1, 0.15) is 42.4 Å². The van der Waals surface area contributed by atoms with Crippen LogP contribution in [0.5, 0.6) is 0 Å². The van der Waals surface area contributed by atoms with Crippen molar-refractivity contribution in [2.75, 3.05) is 11.9 Å². The Hall–Kier alpha value is -3.03. The van der Waals surface area contributed by atoms with Gasteiger partial charge < -0.3 is 15.4 Å². The molecule has 162 valence electrons. The minimum atomic E-state index is -3.58. The summed E-state index contributed by atoms with van der Waals surface area (Å²) in [6.07, 6.45) is 1.23. The molecule has 1 saturated heterocycles. The summed E-state index contributed by atoms with van der Waals surface area (Å²) in [6, 6.07) is 8.01. The second-order valence-corrected chi connectivity index (χ2v) is 8.23. The highest BCUT2D eigenvalue weighted by molar-refractivity contribution is 7.80. The van der Waals surface area contributed by atoms with Gasteiger partial charge in [0, 0.05) is 17.4 Å². The van der Waals surface area contributed by atoms with Crippen LogP contribution in [0.15, 0.2) is 36.5 Å². The highest BCUT2D eigenvalue weighted by atomic mass is 32.1. The van der Waals surface area contributed by atoms with Crippen molar-refractivity contribution in [2.24, 2.45) is 0 Å². The number of hydrogen-bond donors (Lipinski definition) is 2. The lowest BCUT2D eigenvalue weighted by Crippen LogP contribution is -2.62. The highest BCUT2D eigenvalue weighted by Crippen LogP contribution is 2.48. The van der Waals surface area contributed by atoms with E-state index in [1.54, 1.807) is 0 Å². The molecule has 0 saturated carbocycles. The van der Waals surface area contributed by atoms with Gasteiger partial charge in [0.2, 0.25) is 0 Å². The number of carbonyl (C=O) groups excluding carboxylic acids is 1. The van der Waals surface area contributed by atoms with Crippen LogP contribution >= 0.6 is 12.2 Å². The number of nitrogens with one attached hydrogen (secondary N) is 2. The van der Waals surface area contributed by atoms with Crippen molar-refractivity contribution in [1.29, 1.82) is 5.26 Å². The van der Waals surface area contributed by atoms with Crippen LogP contribution in [0.3, 0.4) is 0 Å². The Labute approximate surface area is 182 Å². The number of alkyl halides is 2. The fraction of sp³-hybridized carbons (Fsp3) is 0.333. The molecule has 10 heteroatoms. The Morgan fingerprint density at radius 1 is 1.29 bits per heavy atom. The van der Waals surface area contributed by atoms with E-state index in [-0.39, 0.29) is 34.1 Å². The van der Waals surface area contributed by atoms with Crippen molar-refractivity contribution in [2.45, 2.75) is 37.8 Å². The van der Waals surface area contributed by atoms with E-state index in [9.17, 15) is 9.18 Å². The first-order valence-corrected chi connectivity index (χ1v) is 9.62. The molecule has 3 rings (SSSR count). The summed E-state index contributed by atoms with van der Waals surface area (Å²) in [5.74, 6) is -5.13. The maximum Gasteiger partial charge on any atom is 0.302 e. The third kappa shape index (κ3) is 3.98. The number of amides is 1. The number of nitriles is 1. The Bertz CT molecular complexity index is 1080. The van der Waals surface area contributed by atoms with Gasteiger partial charge in [0.1, 0.15) is 33.7 Å². The Kier molecular flexibility index (Phi) is 5.78. The molecule has 0 radical (unpaired) electrons. The molecule has 1 atom stereocenters. The van der Waals surface area contributed by atoms with Crippen LogP contribution < -0.4 is 10.6 Å². The average Bonchev–Trinajstić information content (AvgIpc) is 2.78. The normalized spacial score (nSPS) is 22.0. The molecule has 31 heavy (non-hydrogen) atoms. The fourth-order valence-electron chi connectivity index (χ4n) is 3.34. The van der Waals surface area contributed by atoms with E-state index in [1.165, 1.54) is 38.2 Å². The van der Waals surface area contributed by atoms with Crippen LogP contribution in [0.2, 0.25) is 0 Å². The largest absolute Gasteiger partial charge is 0.363 e. The average molecular weight is 448 g/mol. The van der Waals surface area contributed by atoms with E-state index >= 15 is 8.78 Å². The number of nitrogens with zero attached hydrogens (tertiary/aromatic N) is 2. The summed E-state index contributed by atoms with van der Waals surface area (Å²) < 4.78 is 51.1. The van der Waals surface area contributed by atoms with E-state index in [0.29, 0.717) is 0 Å². The van der Waals surface area contributed by atoms with E-state index < -0.39 is 28.8 Å². The van der Waals surface area contributed by atoms with E-state index in [4.69, 9.17) is 22.2 Å². The number of ether oxygens (including phenoxy) is 1. The first-order valence-electron chi connectivity index (χ1n) is 9.21. The number of hydrogen-bond acceptors (Lipinski definition) is 5. The maximum atomic E-state index is 15.5. The number of rotatable bonds is 3. The molecule has 2 aromatic rings. The van der Waals surface area contributed by atoms with Gasteiger partial charge in [-0.05, 0) is 51.1 Å². The predicted molar refractivity (Wildman–Crippen MR) is 111 cm³/mol. The monoisotopic (exact) mass is 448 g/mol. The summed E-state index contributed by atoms with van der Waals surface area (Å²) in [4.78, 5) is 16.3. The van der Waals surface area contributed by atoms with Crippen LogP contribution in [-0.4, -0.2) is 34.0 Å². The van der Waals surface area contributed by atoms with Gasteiger partial charge in [-0.1, -0.05) is 12.2 Å². The zero-order chi connectivity index (χ0) is 23.0. The minimum Gasteiger partial charge on any atom is -0.363 e. The van der Waals surface area contributed by atoms with E-state index in [2.05, 4.69) is 15.6 Å². The highest BCUT2D eigenvalue weighted by Gasteiger charge is 2.64. The van der Waals surface area contributed by atoms with Crippen LogP contribution in [-0.2, 0) is 10.3 Å². The van der Waals surface area contributed by atoms with Gasteiger partial charge >= 0.3 is 5.92 Å². The lowest BCUT2D eigenvalue weighted by Gasteiger charge is -2.44. The molecule has 2 N–H and O–H groups in total. The van der Waals surface area contributed by atoms with Gasteiger partial charge in [0.05, 0.1) is 12.2 Å². The number of thiocarbonyl (C=S) groups is 1. The number of pyridine rings is 1. The van der Waals surface area contributed by atoms with Gasteiger partial charge in [-0.3, -0.25) is 4.79 Å². The van der Waals surface area contributed by atoms with Crippen molar-refractivity contribution in [3.05, 3.63) is 59.2 Å². The van der Waals surface area contributed by atoms with Gasteiger partial charge in [-0.15, -0.1) is 0 Å². The molecule has 0 bridgehead atoms. The molecular weight excluding hydrogens is 429 g/mol. The first kappa shape index (κ1) is 22.7. The fourth-order valence-corrected chi connectivity index (χ4v) is 3.61. The van der Waals surface area contributed by atoms with Crippen molar-refractivity contribution < 1.29 is 22.7 Å². The van der Waals surface area contributed by atoms with Crippen molar-refractivity contribution in [1.82, 2.24) is 10.3 Å². The number of aromatic nitrogens is 1. The number of anilines is 1. The predicted octanol–water partition coefficient (Wildman–Crippen LogP) is 3.92. The van der Waals surface area contributed by atoms with Crippen LogP contribution in [0, 0.1) is 17.1 Å². The smallest absolute Gasteiger partial charge is 0.302 e. The maximum absolute atomic E-state index is 15.5. The standard InChI is InChI=1S/C21H19F3N4O2S/c1-19(2)21(23,24)20(3,28-17(31)11-30-19)14-8-13(5-6-15(14)22)27-18(29)16-7-4-12(9-25)10-26-16/h4-8,10H,11H2,1-3H3,(H,27,29)(H,28,31). The molecule has 1 aromatic carbocycles. The second-order valence-electron chi connectivity index (χ2n) is 7.74. The van der Waals surface area contributed by atoms with E-state index in [0.717, 1.165) is 19.1 Å². The molecule has 1 aliphatic rings. The first-order chi connectivity index (χ1) is 14.4. The molecule has 1 unspecified atom stereocenters. The molecule has 1 aromatic heterocycles. The summed E-state index contributed by atoms with van der Waals surface area (Å²) in [6.45, 7) is 3.32.